The van der Waals surface area contributed by atoms with Crippen LogP contribution in [0.5, 0.6) is 0 Å². The van der Waals surface area contributed by atoms with E-state index in [4.69, 9.17) is 4.74 Å². The van der Waals surface area contributed by atoms with Gasteiger partial charge < -0.3 is 20.3 Å². The summed E-state index contributed by atoms with van der Waals surface area (Å²) in [5.41, 5.74) is 3.00. The maximum atomic E-state index is 12.3. The number of fused-ring (bicyclic) bond motifs is 1. The largest absolute Gasteiger partial charge is 0.378 e. The molecule has 0 saturated carbocycles. The van der Waals surface area contributed by atoms with Crippen molar-refractivity contribution in [3.8, 4) is 0 Å². The first kappa shape index (κ1) is 18.5. The molecule has 2 aromatic heterocycles. The van der Waals surface area contributed by atoms with Gasteiger partial charge in [0.1, 0.15) is 16.9 Å². The number of morpholine rings is 1. The maximum Gasteiger partial charge on any atom is 0.251 e. The fraction of sp³-hybridized carbons (Fsp3) is 0.389. The first-order chi connectivity index (χ1) is 13.7. The average Bonchev–Trinajstić information content (AvgIpc) is 3.19. The summed E-state index contributed by atoms with van der Waals surface area (Å²) in [7, 11) is 0. The summed E-state index contributed by atoms with van der Waals surface area (Å²) in [6.07, 6.45) is 0. The van der Waals surface area contributed by atoms with Gasteiger partial charge in [0.05, 0.1) is 24.9 Å². The fourth-order valence-electron chi connectivity index (χ4n) is 2.96. The molecular formula is C18H21N7O2S. The number of nitrogens with zero attached hydrogens (tertiary/aromatic N) is 5. The first-order valence-electron chi connectivity index (χ1n) is 9.12. The number of carbonyl (C=O) groups is 1. The van der Waals surface area contributed by atoms with E-state index < -0.39 is 0 Å². The van der Waals surface area contributed by atoms with Crippen molar-refractivity contribution in [1.82, 2.24) is 24.0 Å². The second kappa shape index (κ2) is 8.44. The third-order valence-electron chi connectivity index (χ3n) is 4.39. The predicted octanol–water partition coefficient (Wildman–Crippen LogP) is 1.47. The number of rotatable bonds is 6. The molecule has 4 rings (SSSR count). The summed E-state index contributed by atoms with van der Waals surface area (Å²) < 4.78 is 13.7. The SMILES string of the molecule is Cc1cc(N2CCOCC2)nc(NCCNC(=O)c2ccc3nsnc3c2)n1. The van der Waals surface area contributed by atoms with E-state index in [2.05, 4.69) is 34.2 Å². The number of ether oxygens (including phenoxy) is 1. The number of carbonyl (C=O) groups excluding carboxylic acids is 1. The van der Waals surface area contributed by atoms with Crippen LogP contribution in [0.4, 0.5) is 11.8 Å². The Balaban J connectivity index is 1.31. The molecule has 1 fully saturated rings. The summed E-state index contributed by atoms with van der Waals surface area (Å²) in [5.74, 6) is 1.31. The van der Waals surface area contributed by atoms with Gasteiger partial charge in [-0.1, -0.05) is 0 Å². The molecule has 146 valence electrons. The lowest BCUT2D eigenvalue weighted by molar-refractivity contribution is 0.0955. The summed E-state index contributed by atoms with van der Waals surface area (Å²) in [4.78, 5) is 23.5. The van der Waals surface area contributed by atoms with Gasteiger partial charge in [-0.3, -0.25) is 4.79 Å². The van der Waals surface area contributed by atoms with Crippen LogP contribution in [0.15, 0.2) is 24.3 Å². The van der Waals surface area contributed by atoms with Gasteiger partial charge in [-0.2, -0.15) is 13.7 Å². The third-order valence-corrected chi connectivity index (χ3v) is 4.94. The van der Waals surface area contributed by atoms with Crippen molar-refractivity contribution in [1.29, 1.82) is 0 Å². The number of hydrogen-bond acceptors (Lipinski definition) is 9. The molecule has 1 aromatic carbocycles. The number of aromatic nitrogens is 4. The van der Waals surface area contributed by atoms with Gasteiger partial charge in [0.25, 0.3) is 5.91 Å². The van der Waals surface area contributed by atoms with Gasteiger partial charge in [-0.25, -0.2) is 4.98 Å². The van der Waals surface area contributed by atoms with E-state index in [1.54, 1.807) is 18.2 Å². The van der Waals surface area contributed by atoms with Crippen LogP contribution < -0.4 is 15.5 Å². The molecule has 3 aromatic rings. The molecule has 0 atom stereocenters. The van der Waals surface area contributed by atoms with E-state index in [1.165, 1.54) is 0 Å². The number of hydrogen-bond donors (Lipinski definition) is 2. The topological polar surface area (TPSA) is 105 Å². The minimum absolute atomic E-state index is 0.143. The zero-order chi connectivity index (χ0) is 19.3. The van der Waals surface area contributed by atoms with E-state index in [1.807, 2.05) is 13.0 Å². The van der Waals surface area contributed by atoms with Crippen LogP contribution in [-0.4, -0.2) is 64.0 Å². The Kier molecular flexibility index (Phi) is 5.58. The molecule has 9 nitrogen and oxygen atoms in total. The molecular weight excluding hydrogens is 378 g/mol. The predicted molar refractivity (Wildman–Crippen MR) is 108 cm³/mol. The van der Waals surface area contributed by atoms with Crippen molar-refractivity contribution in [2.45, 2.75) is 6.92 Å². The van der Waals surface area contributed by atoms with Crippen LogP contribution in [0.1, 0.15) is 16.1 Å². The van der Waals surface area contributed by atoms with Gasteiger partial charge in [0.2, 0.25) is 5.95 Å². The highest BCUT2D eigenvalue weighted by atomic mass is 32.1. The molecule has 1 aliphatic heterocycles. The molecule has 1 aliphatic rings. The lowest BCUT2D eigenvalue weighted by Gasteiger charge is -2.28. The first-order valence-corrected chi connectivity index (χ1v) is 9.85. The maximum absolute atomic E-state index is 12.3. The van der Waals surface area contributed by atoms with Crippen LogP contribution in [0.25, 0.3) is 11.0 Å². The Hall–Kier alpha value is -2.85. The van der Waals surface area contributed by atoms with Crippen LogP contribution in [-0.2, 0) is 4.74 Å². The number of nitrogens with one attached hydrogen (secondary N) is 2. The monoisotopic (exact) mass is 399 g/mol. The number of aryl methyl sites for hydroxylation is 1. The normalized spacial score (nSPS) is 14.2. The molecule has 1 amide bonds. The minimum atomic E-state index is -0.143. The average molecular weight is 399 g/mol. The Morgan fingerprint density at radius 2 is 1.96 bits per heavy atom. The van der Waals surface area contributed by atoms with Crippen LogP contribution in [0.3, 0.4) is 0 Å². The van der Waals surface area contributed by atoms with Crippen LogP contribution in [0, 0.1) is 6.92 Å². The highest BCUT2D eigenvalue weighted by molar-refractivity contribution is 7.00. The highest BCUT2D eigenvalue weighted by Crippen LogP contribution is 2.16. The second-order valence-electron chi connectivity index (χ2n) is 6.44. The van der Waals surface area contributed by atoms with Gasteiger partial charge >= 0.3 is 0 Å². The zero-order valence-electron chi connectivity index (χ0n) is 15.5. The van der Waals surface area contributed by atoms with E-state index in [0.717, 1.165) is 47.4 Å². The van der Waals surface area contributed by atoms with Crippen LogP contribution in [0.2, 0.25) is 0 Å². The van der Waals surface area contributed by atoms with E-state index in [9.17, 15) is 4.79 Å². The smallest absolute Gasteiger partial charge is 0.251 e. The molecule has 0 spiro atoms. The third kappa shape index (κ3) is 4.34. The standard InChI is InChI=1S/C18H21N7O2S/c1-12-10-16(25-6-8-27-9-7-25)22-18(21-12)20-5-4-19-17(26)13-2-3-14-15(11-13)24-28-23-14/h2-3,10-11H,4-9H2,1H3,(H,19,26)(H,20,21,22). The van der Waals surface area contributed by atoms with Crippen molar-refractivity contribution >= 4 is 40.4 Å². The summed E-state index contributed by atoms with van der Waals surface area (Å²) in [5, 5.41) is 6.07. The zero-order valence-corrected chi connectivity index (χ0v) is 16.3. The van der Waals surface area contributed by atoms with Crippen molar-refractivity contribution in [2.75, 3.05) is 49.6 Å². The van der Waals surface area contributed by atoms with Gasteiger partial charge in [-0.05, 0) is 25.1 Å². The number of anilines is 2. The molecule has 2 N–H and O–H groups in total. The van der Waals surface area contributed by atoms with Crippen molar-refractivity contribution in [2.24, 2.45) is 0 Å². The summed E-state index contributed by atoms with van der Waals surface area (Å²) in [6.45, 7) is 5.99. The molecule has 3 heterocycles. The minimum Gasteiger partial charge on any atom is -0.378 e. The molecule has 28 heavy (non-hydrogen) atoms. The summed E-state index contributed by atoms with van der Waals surface area (Å²) >= 11 is 1.14. The van der Waals surface area contributed by atoms with Crippen molar-refractivity contribution in [3.05, 3.63) is 35.5 Å². The summed E-state index contributed by atoms with van der Waals surface area (Å²) in [6, 6.07) is 7.28. The molecule has 1 saturated heterocycles. The lowest BCUT2D eigenvalue weighted by atomic mass is 10.2. The van der Waals surface area contributed by atoms with E-state index in [-0.39, 0.29) is 5.91 Å². The fourth-order valence-corrected chi connectivity index (χ4v) is 3.48. The molecule has 0 bridgehead atoms. The van der Waals surface area contributed by atoms with Gasteiger partial charge in [-0.15, -0.1) is 0 Å². The van der Waals surface area contributed by atoms with Crippen molar-refractivity contribution < 1.29 is 9.53 Å². The molecule has 10 heteroatoms. The van der Waals surface area contributed by atoms with E-state index in [0.29, 0.717) is 37.8 Å². The Bertz CT molecular complexity index is 971. The Morgan fingerprint density at radius 1 is 1.14 bits per heavy atom. The Morgan fingerprint density at radius 3 is 2.82 bits per heavy atom. The number of amides is 1. The molecule has 0 unspecified atom stereocenters. The quantitative estimate of drug-likeness (QED) is 0.601. The van der Waals surface area contributed by atoms with Crippen LogP contribution >= 0.6 is 11.7 Å². The van der Waals surface area contributed by atoms with Crippen molar-refractivity contribution in [3.63, 3.8) is 0 Å². The highest BCUT2D eigenvalue weighted by Gasteiger charge is 2.14. The lowest BCUT2D eigenvalue weighted by Crippen LogP contribution is -2.37. The molecule has 0 aliphatic carbocycles. The Labute approximate surface area is 166 Å². The van der Waals surface area contributed by atoms with Gasteiger partial charge in [0, 0.05) is 43.5 Å². The number of benzene rings is 1. The second-order valence-corrected chi connectivity index (χ2v) is 6.97. The van der Waals surface area contributed by atoms with E-state index >= 15 is 0 Å². The molecule has 0 radical (unpaired) electrons. The van der Waals surface area contributed by atoms with Gasteiger partial charge in [0.15, 0.2) is 0 Å².